The third-order valence-electron chi connectivity index (χ3n) is 3.51. The van der Waals surface area contributed by atoms with Crippen LogP contribution in [0.15, 0.2) is 42.5 Å². The molecule has 0 atom stereocenters. The zero-order valence-electron chi connectivity index (χ0n) is 13.3. The molecule has 2 rings (SSSR count). The number of carbonyl (C=O) groups excluding carboxylic acids is 1. The van der Waals surface area contributed by atoms with E-state index in [-0.39, 0.29) is 22.8 Å². The summed E-state index contributed by atoms with van der Waals surface area (Å²) < 4.78 is 5.28. The highest BCUT2D eigenvalue weighted by Gasteiger charge is 2.13. The van der Waals surface area contributed by atoms with E-state index >= 15 is 0 Å². The molecule has 7 nitrogen and oxygen atoms in total. The zero-order valence-corrected chi connectivity index (χ0v) is 13.3. The molecular weight excluding hydrogens is 310 g/mol. The lowest BCUT2D eigenvalue weighted by atomic mass is 10.1. The van der Waals surface area contributed by atoms with Gasteiger partial charge in [-0.15, -0.1) is 0 Å². The molecule has 0 aliphatic carbocycles. The molecule has 1 amide bonds. The van der Waals surface area contributed by atoms with Crippen molar-refractivity contribution >= 4 is 17.3 Å². The summed E-state index contributed by atoms with van der Waals surface area (Å²) in [6.45, 7) is 0.444. The molecule has 0 radical (unpaired) electrons. The number of nitrogens with two attached hydrogens (primary N) is 1. The predicted octanol–water partition coefficient (Wildman–Crippen LogP) is 2.55. The molecule has 7 heteroatoms. The summed E-state index contributed by atoms with van der Waals surface area (Å²) in [5.41, 5.74) is 6.83. The first-order valence-electron chi connectivity index (χ1n) is 7.46. The van der Waals surface area contributed by atoms with Crippen LogP contribution in [-0.4, -0.2) is 24.5 Å². The highest BCUT2D eigenvalue weighted by Crippen LogP contribution is 2.20. The van der Waals surface area contributed by atoms with Gasteiger partial charge in [0.05, 0.1) is 12.0 Å². The van der Waals surface area contributed by atoms with Crippen molar-refractivity contribution in [3.63, 3.8) is 0 Å². The topological polar surface area (TPSA) is 107 Å². The first-order valence-corrected chi connectivity index (χ1v) is 7.46. The Morgan fingerprint density at radius 3 is 2.75 bits per heavy atom. The summed E-state index contributed by atoms with van der Waals surface area (Å²) in [6, 6.07) is 11.5. The van der Waals surface area contributed by atoms with Crippen LogP contribution < -0.4 is 15.8 Å². The molecule has 0 spiro atoms. The molecule has 0 heterocycles. The lowest BCUT2D eigenvalue weighted by molar-refractivity contribution is -0.384. The van der Waals surface area contributed by atoms with Gasteiger partial charge in [0.1, 0.15) is 5.75 Å². The van der Waals surface area contributed by atoms with Crippen molar-refractivity contribution in [3.8, 4) is 5.75 Å². The number of anilines is 1. The van der Waals surface area contributed by atoms with Crippen molar-refractivity contribution in [2.45, 2.75) is 12.8 Å². The first-order chi connectivity index (χ1) is 11.5. The highest BCUT2D eigenvalue weighted by atomic mass is 16.6. The number of non-ortho nitro benzene ring substituents is 1. The van der Waals surface area contributed by atoms with Crippen LogP contribution >= 0.6 is 0 Å². The third kappa shape index (κ3) is 4.45. The van der Waals surface area contributed by atoms with Gasteiger partial charge in [-0.05, 0) is 30.5 Å². The maximum atomic E-state index is 12.1. The summed E-state index contributed by atoms with van der Waals surface area (Å²) in [5, 5.41) is 13.6. The molecule has 126 valence electrons. The zero-order chi connectivity index (χ0) is 17.5. The summed E-state index contributed by atoms with van der Waals surface area (Å²) in [5.74, 6) is 0.431. The van der Waals surface area contributed by atoms with Gasteiger partial charge in [0, 0.05) is 29.9 Å². The van der Waals surface area contributed by atoms with Gasteiger partial charge in [-0.3, -0.25) is 14.9 Å². The molecule has 2 aromatic carbocycles. The molecule has 2 aromatic rings. The second-order valence-electron chi connectivity index (χ2n) is 5.24. The normalized spacial score (nSPS) is 10.2. The van der Waals surface area contributed by atoms with Gasteiger partial charge in [0.25, 0.3) is 11.6 Å². The summed E-state index contributed by atoms with van der Waals surface area (Å²) in [6.07, 6.45) is 1.47. The maximum Gasteiger partial charge on any atom is 0.272 e. The van der Waals surface area contributed by atoms with Gasteiger partial charge in [0.2, 0.25) is 0 Å². The molecule has 0 unspecified atom stereocenters. The Morgan fingerprint density at radius 1 is 1.29 bits per heavy atom. The Hall–Kier alpha value is -3.09. The van der Waals surface area contributed by atoms with E-state index in [0.717, 1.165) is 24.2 Å². The van der Waals surface area contributed by atoms with Crippen LogP contribution in [0, 0.1) is 10.1 Å². The van der Waals surface area contributed by atoms with Crippen molar-refractivity contribution in [2.75, 3.05) is 19.4 Å². The Bertz CT molecular complexity index is 746. The molecule has 0 saturated carbocycles. The van der Waals surface area contributed by atoms with E-state index < -0.39 is 4.92 Å². The summed E-state index contributed by atoms with van der Waals surface area (Å²) in [7, 11) is 1.62. The number of rotatable bonds is 7. The number of aryl methyl sites for hydroxylation is 1. The molecular formula is C17H19N3O4. The van der Waals surface area contributed by atoms with Crippen LogP contribution in [0.2, 0.25) is 0 Å². The highest BCUT2D eigenvalue weighted by molar-refractivity contribution is 5.95. The fourth-order valence-corrected chi connectivity index (χ4v) is 2.36. The number of ether oxygens (including phenoxy) is 1. The molecule has 3 N–H and O–H groups in total. The van der Waals surface area contributed by atoms with E-state index in [1.165, 1.54) is 18.2 Å². The van der Waals surface area contributed by atoms with Gasteiger partial charge in [-0.25, -0.2) is 0 Å². The minimum atomic E-state index is -0.575. The standard InChI is InChI=1S/C17H19N3O4/c1-24-16-7-3-2-5-12(16)6-4-8-19-17(21)13-9-14(18)11-15(10-13)20(22)23/h2-3,5,7,9-11H,4,6,8,18H2,1H3,(H,19,21). The number of hydrogen-bond acceptors (Lipinski definition) is 5. The fourth-order valence-electron chi connectivity index (χ4n) is 2.36. The van der Waals surface area contributed by atoms with Crippen molar-refractivity contribution < 1.29 is 14.5 Å². The molecule has 0 aromatic heterocycles. The number of benzene rings is 2. The van der Waals surface area contributed by atoms with Crippen LogP contribution in [0.25, 0.3) is 0 Å². The van der Waals surface area contributed by atoms with Gasteiger partial charge in [0.15, 0.2) is 0 Å². The number of nitro benzene ring substituents is 1. The van der Waals surface area contributed by atoms with Gasteiger partial charge >= 0.3 is 0 Å². The second-order valence-corrected chi connectivity index (χ2v) is 5.24. The van der Waals surface area contributed by atoms with Crippen LogP contribution in [0.1, 0.15) is 22.3 Å². The van der Waals surface area contributed by atoms with Crippen molar-refractivity contribution in [1.29, 1.82) is 0 Å². The third-order valence-corrected chi connectivity index (χ3v) is 3.51. The van der Waals surface area contributed by atoms with E-state index in [1.807, 2.05) is 24.3 Å². The predicted molar refractivity (Wildman–Crippen MR) is 91.2 cm³/mol. The lowest BCUT2D eigenvalue weighted by Crippen LogP contribution is -2.25. The van der Waals surface area contributed by atoms with E-state index in [4.69, 9.17) is 10.5 Å². The average Bonchev–Trinajstić information content (AvgIpc) is 2.58. The number of carbonyl (C=O) groups is 1. The van der Waals surface area contributed by atoms with Crippen LogP contribution in [0.4, 0.5) is 11.4 Å². The SMILES string of the molecule is COc1ccccc1CCCNC(=O)c1cc(N)cc([N+](=O)[O-])c1. The largest absolute Gasteiger partial charge is 0.496 e. The van der Waals surface area contributed by atoms with Crippen molar-refractivity contribution in [2.24, 2.45) is 0 Å². The number of hydrogen-bond donors (Lipinski definition) is 2. The molecule has 0 bridgehead atoms. The molecule has 24 heavy (non-hydrogen) atoms. The number of nitrogen functional groups attached to an aromatic ring is 1. The maximum absolute atomic E-state index is 12.1. The Balaban J connectivity index is 1.91. The number of nitrogens with zero attached hydrogens (tertiary/aromatic N) is 1. The Morgan fingerprint density at radius 2 is 2.04 bits per heavy atom. The lowest BCUT2D eigenvalue weighted by Gasteiger charge is -2.09. The first kappa shape index (κ1) is 17.3. The Kier molecular flexibility index (Phi) is 5.73. The molecule has 0 aliphatic rings. The van der Waals surface area contributed by atoms with Crippen molar-refractivity contribution in [3.05, 3.63) is 63.7 Å². The molecule has 0 saturated heterocycles. The number of para-hydroxylation sites is 1. The fraction of sp³-hybridized carbons (Fsp3) is 0.235. The van der Waals surface area contributed by atoms with Gasteiger partial charge in [-0.1, -0.05) is 18.2 Å². The van der Waals surface area contributed by atoms with Crippen molar-refractivity contribution in [1.82, 2.24) is 5.32 Å². The smallest absolute Gasteiger partial charge is 0.272 e. The van der Waals surface area contributed by atoms with E-state index in [9.17, 15) is 14.9 Å². The van der Waals surface area contributed by atoms with E-state index in [0.29, 0.717) is 6.54 Å². The second kappa shape index (κ2) is 7.96. The number of methoxy groups -OCH3 is 1. The minimum Gasteiger partial charge on any atom is -0.496 e. The number of amides is 1. The van der Waals surface area contributed by atoms with E-state index in [2.05, 4.69) is 5.32 Å². The number of nitrogens with one attached hydrogen (secondary N) is 1. The minimum absolute atomic E-state index is 0.180. The monoisotopic (exact) mass is 329 g/mol. The van der Waals surface area contributed by atoms with Crippen LogP contribution in [0.3, 0.4) is 0 Å². The summed E-state index contributed by atoms with van der Waals surface area (Å²) in [4.78, 5) is 22.3. The number of nitro groups is 1. The quantitative estimate of drug-likeness (QED) is 0.351. The van der Waals surface area contributed by atoms with Crippen LogP contribution in [-0.2, 0) is 6.42 Å². The molecule has 0 fully saturated rings. The summed E-state index contributed by atoms with van der Waals surface area (Å²) >= 11 is 0. The van der Waals surface area contributed by atoms with Crippen LogP contribution in [0.5, 0.6) is 5.75 Å². The van der Waals surface area contributed by atoms with E-state index in [1.54, 1.807) is 7.11 Å². The average molecular weight is 329 g/mol. The van der Waals surface area contributed by atoms with Gasteiger partial charge in [-0.2, -0.15) is 0 Å². The Labute approximate surface area is 139 Å². The van der Waals surface area contributed by atoms with Gasteiger partial charge < -0.3 is 15.8 Å². The molecule has 0 aliphatic heterocycles.